The zero-order valence-corrected chi connectivity index (χ0v) is 28.7. The molecule has 1 fully saturated rings. The highest BCUT2D eigenvalue weighted by Crippen LogP contribution is 2.37. The number of halogens is 1. The molecule has 5 rings (SSSR count). The highest BCUT2D eigenvalue weighted by atomic mass is 79.9. The number of rotatable bonds is 10. The molecule has 0 saturated carbocycles. The normalized spacial score (nSPS) is 16.6. The van der Waals surface area contributed by atoms with E-state index in [1.54, 1.807) is 63.1 Å². The molecule has 3 heterocycles. The van der Waals surface area contributed by atoms with Gasteiger partial charge in [0.2, 0.25) is 0 Å². The van der Waals surface area contributed by atoms with Gasteiger partial charge in [0, 0.05) is 23.1 Å². The summed E-state index contributed by atoms with van der Waals surface area (Å²) in [7, 11) is 1.54. The zero-order chi connectivity index (χ0) is 33.0. The van der Waals surface area contributed by atoms with Crippen molar-refractivity contribution >= 4 is 45.2 Å². The summed E-state index contributed by atoms with van der Waals surface area (Å²) in [6.45, 7) is 9.47. The smallest absolute Gasteiger partial charge is 0.338 e. The summed E-state index contributed by atoms with van der Waals surface area (Å²) >= 11 is 4.74. The number of esters is 1. The van der Waals surface area contributed by atoms with Gasteiger partial charge in [-0.2, -0.15) is 0 Å². The lowest BCUT2D eigenvalue weighted by atomic mass is 9.95. The van der Waals surface area contributed by atoms with Crippen molar-refractivity contribution in [2.24, 2.45) is 4.99 Å². The molecule has 1 atom stereocenters. The fraction of sp³-hybridized carbons (Fsp3) is 0.394. The van der Waals surface area contributed by atoms with Gasteiger partial charge >= 0.3 is 5.97 Å². The maximum absolute atomic E-state index is 14.1. The fourth-order valence-corrected chi connectivity index (χ4v) is 6.70. The SMILES string of the molecule is CCOc1cc(/C=c2\sc3n(c2=O)[C@H](c2cc(Br)ccc2OC)C(C(=O)OC(C)C)=C(C)N=3)ccc1OCC(=O)N1CCOCC1. The first-order valence-electron chi connectivity index (χ1n) is 14.9. The molecule has 244 valence electrons. The van der Waals surface area contributed by atoms with Crippen molar-refractivity contribution in [3.05, 3.63) is 83.0 Å². The molecule has 3 aromatic rings. The Bertz CT molecular complexity index is 1840. The monoisotopic (exact) mass is 713 g/mol. The van der Waals surface area contributed by atoms with Crippen LogP contribution in [0.15, 0.2) is 61.9 Å². The van der Waals surface area contributed by atoms with Gasteiger partial charge in [0.1, 0.15) is 11.8 Å². The Morgan fingerprint density at radius 2 is 1.85 bits per heavy atom. The van der Waals surface area contributed by atoms with E-state index in [4.69, 9.17) is 23.7 Å². The molecule has 46 heavy (non-hydrogen) atoms. The summed E-state index contributed by atoms with van der Waals surface area (Å²) in [6, 6.07) is 9.89. The van der Waals surface area contributed by atoms with Crippen molar-refractivity contribution in [1.29, 1.82) is 0 Å². The topological polar surface area (TPSA) is 118 Å². The van der Waals surface area contributed by atoms with Gasteiger partial charge in [0.05, 0.1) is 48.8 Å². The molecule has 1 aromatic heterocycles. The molecule has 2 aromatic carbocycles. The summed E-state index contributed by atoms with van der Waals surface area (Å²) < 4.78 is 31.0. The van der Waals surface area contributed by atoms with Gasteiger partial charge in [0.25, 0.3) is 11.5 Å². The van der Waals surface area contributed by atoms with Gasteiger partial charge < -0.3 is 28.6 Å². The number of nitrogens with zero attached hydrogens (tertiary/aromatic N) is 3. The zero-order valence-electron chi connectivity index (χ0n) is 26.3. The van der Waals surface area contributed by atoms with Crippen LogP contribution < -0.4 is 29.1 Å². The van der Waals surface area contributed by atoms with Crippen LogP contribution in [0.2, 0.25) is 0 Å². The molecule has 0 unspecified atom stereocenters. The summed E-state index contributed by atoms with van der Waals surface area (Å²) in [5, 5.41) is 0. The second-order valence-electron chi connectivity index (χ2n) is 10.8. The van der Waals surface area contributed by atoms with E-state index in [-0.39, 0.29) is 29.8 Å². The lowest BCUT2D eigenvalue weighted by Gasteiger charge is -2.26. The number of allylic oxidation sites excluding steroid dienone is 1. The van der Waals surface area contributed by atoms with Crippen LogP contribution in [0.1, 0.15) is 44.9 Å². The van der Waals surface area contributed by atoms with E-state index in [0.29, 0.717) is 76.3 Å². The third-order valence-electron chi connectivity index (χ3n) is 7.35. The van der Waals surface area contributed by atoms with Gasteiger partial charge in [-0.3, -0.25) is 14.2 Å². The summed E-state index contributed by atoms with van der Waals surface area (Å²) in [5.74, 6) is 0.704. The van der Waals surface area contributed by atoms with E-state index < -0.39 is 12.0 Å². The van der Waals surface area contributed by atoms with Gasteiger partial charge in [-0.25, -0.2) is 9.79 Å². The van der Waals surface area contributed by atoms with E-state index in [0.717, 1.165) is 4.47 Å². The maximum atomic E-state index is 14.1. The minimum Gasteiger partial charge on any atom is -0.496 e. The number of methoxy groups -OCH3 is 1. The number of morpholine rings is 1. The second kappa shape index (κ2) is 14.7. The highest BCUT2D eigenvalue weighted by molar-refractivity contribution is 9.10. The van der Waals surface area contributed by atoms with Gasteiger partial charge in [-0.15, -0.1) is 0 Å². The van der Waals surface area contributed by atoms with Gasteiger partial charge in [-0.05, 0) is 69.7 Å². The number of carbonyl (C=O) groups is 2. The van der Waals surface area contributed by atoms with Crippen LogP contribution in [0.5, 0.6) is 17.2 Å². The predicted octanol–water partition coefficient (Wildman–Crippen LogP) is 3.59. The number of aromatic nitrogens is 1. The minimum absolute atomic E-state index is 0.125. The average molecular weight is 715 g/mol. The van der Waals surface area contributed by atoms with Crippen molar-refractivity contribution < 1.29 is 33.3 Å². The van der Waals surface area contributed by atoms with Crippen LogP contribution >= 0.6 is 27.3 Å². The molecule has 0 N–H and O–H groups in total. The Morgan fingerprint density at radius 3 is 2.54 bits per heavy atom. The maximum Gasteiger partial charge on any atom is 0.338 e. The van der Waals surface area contributed by atoms with E-state index in [2.05, 4.69) is 20.9 Å². The number of thiazole rings is 1. The third-order valence-corrected chi connectivity index (χ3v) is 8.83. The number of hydrogen-bond acceptors (Lipinski definition) is 10. The van der Waals surface area contributed by atoms with Crippen LogP contribution in [0.25, 0.3) is 6.08 Å². The van der Waals surface area contributed by atoms with Gasteiger partial charge in [-0.1, -0.05) is 33.3 Å². The molecular weight excluding hydrogens is 678 g/mol. The van der Waals surface area contributed by atoms with Crippen LogP contribution in [0.3, 0.4) is 0 Å². The predicted molar refractivity (Wildman–Crippen MR) is 176 cm³/mol. The third kappa shape index (κ3) is 7.21. The number of carbonyl (C=O) groups excluding carboxylic acids is 2. The lowest BCUT2D eigenvalue weighted by Crippen LogP contribution is -2.43. The Balaban J connectivity index is 1.55. The number of amides is 1. The molecule has 11 nitrogen and oxygen atoms in total. The van der Waals surface area contributed by atoms with E-state index >= 15 is 0 Å². The average Bonchev–Trinajstić information content (AvgIpc) is 3.33. The molecule has 1 amide bonds. The summed E-state index contributed by atoms with van der Waals surface area (Å²) in [4.78, 5) is 47.0. The first kappa shape index (κ1) is 33.4. The molecule has 2 aliphatic heterocycles. The van der Waals surface area contributed by atoms with Crippen molar-refractivity contribution in [1.82, 2.24) is 9.47 Å². The standard InChI is InChI=1S/C33H36BrN3O8S/c1-6-43-26-15-21(7-9-25(26)44-18-28(38)36-11-13-42-14-12-36)16-27-31(39)37-30(23-17-22(34)8-10-24(23)41-5)29(32(40)45-19(2)3)20(4)35-33(37)46-27/h7-10,15-17,19,30H,6,11-14,18H2,1-5H3/b27-16-/t30-/m1/s1. The Kier molecular flexibility index (Phi) is 10.6. The largest absolute Gasteiger partial charge is 0.496 e. The molecule has 1 saturated heterocycles. The summed E-state index contributed by atoms with van der Waals surface area (Å²) in [5.41, 5.74) is 1.69. The van der Waals surface area contributed by atoms with E-state index in [9.17, 15) is 14.4 Å². The minimum atomic E-state index is -0.837. The fourth-order valence-electron chi connectivity index (χ4n) is 5.27. The lowest BCUT2D eigenvalue weighted by molar-refractivity contribution is -0.143. The molecule has 0 radical (unpaired) electrons. The Labute approximate surface area is 278 Å². The van der Waals surface area contributed by atoms with E-state index in [1.807, 2.05) is 19.1 Å². The number of ether oxygens (including phenoxy) is 5. The molecule has 0 aliphatic carbocycles. The number of hydrogen-bond donors (Lipinski definition) is 0. The first-order valence-corrected chi connectivity index (χ1v) is 16.5. The van der Waals surface area contributed by atoms with Crippen molar-refractivity contribution in [2.75, 3.05) is 46.6 Å². The Hall–Kier alpha value is -3.94. The van der Waals surface area contributed by atoms with Crippen molar-refractivity contribution in [2.45, 2.75) is 39.8 Å². The van der Waals surface area contributed by atoms with Crippen LogP contribution in [-0.2, 0) is 19.1 Å². The van der Waals surface area contributed by atoms with Gasteiger partial charge in [0.15, 0.2) is 22.9 Å². The van der Waals surface area contributed by atoms with E-state index in [1.165, 1.54) is 15.9 Å². The van der Waals surface area contributed by atoms with Crippen molar-refractivity contribution in [3.8, 4) is 17.2 Å². The molecule has 0 bridgehead atoms. The van der Waals surface area contributed by atoms with Crippen LogP contribution in [0.4, 0.5) is 0 Å². The summed E-state index contributed by atoms with van der Waals surface area (Å²) in [6.07, 6.45) is 1.38. The van der Waals surface area contributed by atoms with Crippen LogP contribution in [0, 0.1) is 0 Å². The van der Waals surface area contributed by atoms with Crippen molar-refractivity contribution in [3.63, 3.8) is 0 Å². The second-order valence-corrected chi connectivity index (χ2v) is 12.8. The quantitative estimate of drug-likeness (QED) is 0.293. The first-order chi connectivity index (χ1) is 22.1. The molecule has 2 aliphatic rings. The molecule has 13 heteroatoms. The molecular formula is C33H36BrN3O8S. The number of fused-ring (bicyclic) bond motifs is 1. The van der Waals surface area contributed by atoms with Crippen LogP contribution in [-0.4, -0.2) is 74.1 Å². The highest BCUT2D eigenvalue weighted by Gasteiger charge is 2.35. The Morgan fingerprint density at radius 1 is 1.11 bits per heavy atom. The molecule has 0 spiro atoms. The number of benzene rings is 2.